The Bertz CT molecular complexity index is 725. The van der Waals surface area contributed by atoms with E-state index in [1.807, 2.05) is 0 Å². The van der Waals surface area contributed by atoms with Crippen LogP contribution in [0.1, 0.15) is 40.0 Å². The van der Waals surface area contributed by atoms with Crippen molar-refractivity contribution in [3.8, 4) is 0 Å². The predicted octanol–water partition coefficient (Wildman–Crippen LogP) is 2.28. The van der Waals surface area contributed by atoms with Gasteiger partial charge in [0.15, 0.2) is 0 Å². The number of hydrogen-bond donors (Lipinski definition) is 1. The van der Waals surface area contributed by atoms with Crippen molar-refractivity contribution in [3.63, 3.8) is 0 Å². The number of rotatable bonds is 3. The van der Waals surface area contributed by atoms with Crippen LogP contribution in [-0.2, 0) is 19.6 Å². The van der Waals surface area contributed by atoms with Gasteiger partial charge in [-0.15, -0.1) is 0 Å². The molecule has 0 saturated carbocycles. The molecule has 7 nitrogen and oxygen atoms in total. The number of carbonyl (C=O) groups is 2. The summed E-state index contributed by atoms with van der Waals surface area (Å²) in [6.45, 7) is 5.25. The smallest absolute Gasteiger partial charge is 0.408 e. The summed E-state index contributed by atoms with van der Waals surface area (Å²) in [5.41, 5.74) is -0.701. The summed E-state index contributed by atoms with van der Waals surface area (Å²) in [4.78, 5) is 24.8. The van der Waals surface area contributed by atoms with Crippen LogP contribution in [0.25, 0.3) is 0 Å². The lowest BCUT2D eigenvalue weighted by atomic mass is 10.1. The number of hydrogen-bond acceptors (Lipinski definition) is 5. The van der Waals surface area contributed by atoms with Crippen LogP contribution in [0.3, 0.4) is 0 Å². The minimum Gasteiger partial charge on any atom is -0.444 e. The summed E-state index contributed by atoms with van der Waals surface area (Å²) in [7, 11) is -3.95. The van der Waals surface area contributed by atoms with Crippen molar-refractivity contribution in [3.05, 3.63) is 30.3 Å². The summed E-state index contributed by atoms with van der Waals surface area (Å²) in [6.07, 6.45) is 0.820. The van der Waals surface area contributed by atoms with Gasteiger partial charge in [0.25, 0.3) is 15.9 Å². The third-order valence-electron chi connectivity index (χ3n) is 3.67. The van der Waals surface area contributed by atoms with Gasteiger partial charge in [-0.2, -0.15) is 0 Å². The summed E-state index contributed by atoms with van der Waals surface area (Å²) in [6, 6.07) is 6.89. The Labute approximate surface area is 148 Å². The molecule has 1 aromatic rings. The second-order valence-electron chi connectivity index (χ2n) is 6.92. The molecule has 8 heteroatoms. The number of nitrogens with one attached hydrogen (secondary N) is 1. The highest BCUT2D eigenvalue weighted by Gasteiger charge is 2.36. The van der Waals surface area contributed by atoms with Crippen molar-refractivity contribution in [2.45, 2.75) is 56.6 Å². The number of benzene rings is 1. The van der Waals surface area contributed by atoms with Crippen LogP contribution in [0.15, 0.2) is 35.2 Å². The maximum atomic E-state index is 12.8. The van der Waals surface area contributed by atoms with Gasteiger partial charge in [0.1, 0.15) is 11.6 Å². The zero-order valence-electron chi connectivity index (χ0n) is 14.7. The Kier molecular flexibility index (Phi) is 5.72. The van der Waals surface area contributed by atoms with Crippen LogP contribution in [0, 0.1) is 0 Å². The molecule has 25 heavy (non-hydrogen) atoms. The lowest BCUT2D eigenvalue weighted by Gasteiger charge is -2.26. The van der Waals surface area contributed by atoms with Crippen molar-refractivity contribution in [1.82, 2.24) is 9.62 Å². The molecule has 0 aromatic heterocycles. The summed E-state index contributed by atoms with van der Waals surface area (Å²) >= 11 is 0. The van der Waals surface area contributed by atoms with Crippen LogP contribution in [-0.4, -0.2) is 42.9 Å². The zero-order chi connectivity index (χ0) is 18.7. The molecule has 1 aliphatic heterocycles. The average Bonchev–Trinajstić information content (AvgIpc) is 2.69. The summed E-state index contributed by atoms with van der Waals surface area (Å²) in [5, 5.41) is 2.50. The van der Waals surface area contributed by atoms with E-state index in [2.05, 4.69) is 5.32 Å². The topological polar surface area (TPSA) is 92.8 Å². The molecule has 0 spiro atoms. The highest BCUT2D eigenvalue weighted by Crippen LogP contribution is 2.21. The van der Waals surface area contributed by atoms with Gasteiger partial charge in [0.2, 0.25) is 0 Å². The molecule has 0 radical (unpaired) electrons. The minimum atomic E-state index is -3.95. The van der Waals surface area contributed by atoms with E-state index in [0.29, 0.717) is 19.3 Å². The van der Waals surface area contributed by atoms with Gasteiger partial charge in [-0.1, -0.05) is 18.2 Å². The molecule has 1 atom stereocenters. The summed E-state index contributed by atoms with van der Waals surface area (Å²) in [5.74, 6) is -0.632. The molecule has 1 heterocycles. The molecule has 2 amide bonds. The van der Waals surface area contributed by atoms with Gasteiger partial charge < -0.3 is 10.1 Å². The summed E-state index contributed by atoms with van der Waals surface area (Å²) < 4.78 is 31.6. The van der Waals surface area contributed by atoms with Crippen LogP contribution in [0.4, 0.5) is 4.79 Å². The van der Waals surface area contributed by atoms with E-state index in [9.17, 15) is 18.0 Å². The van der Waals surface area contributed by atoms with Crippen molar-refractivity contribution >= 4 is 22.0 Å². The number of sulfonamides is 1. The Morgan fingerprint density at radius 2 is 1.84 bits per heavy atom. The van der Waals surface area contributed by atoms with Crippen LogP contribution < -0.4 is 5.32 Å². The normalized spacial score (nSPS) is 19.2. The first-order chi connectivity index (χ1) is 11.6. The van der Waals surface area contributed by atoms with Gasteiger partial charge in [-0.05, 0) is 52.2 Å². The largest absolute Gasteiger partial charge is 0.444 e. The SMILES string of the molecule is CC(C)(C)OC(=O)N[C@H]1CCCCN(S(=O)(=O)c2ccccc2)C1=O. The van der Waals surface area contributed by atoms with Gasteiger partial charge in [0, 0.05) is 6.54 Å². The maximum Gasteiger partial charge on any atom is 0.408 e. The van der Waals surface area contributed by atoms with Crippen LogP contribution in [0.2, 0.25) is 0 Å². The molecule has 0 bridgehead atoms. The third-order valence-corrected chi connectivity index (χ3v) is 5.48. The molecule has 1 aliphatic rings. The molecule has 2 rings (SSSR count). The van der Waals surface area contributed by atoms with E-state index in [4.69, 9.17) is 4.74 Å². The lowest BCUT2D eigenvalue weighted by molar-refractivity contribution is -0.128. The van der Waals surface area contributed by atoms with Crippen LogP contribution in [0.5, 0.6) is 0 Å². The molecule has 1 aromatic carbocycles. The number of carbonyl (C=O) groups excluding carboxylic acids is 2. The van der Waals surface area contributed by atoms with Gasteiger partial charge in [-0.3, -0.25) is 4.79 Å². The monoisotopic (exact) mass is 368 g/mol. The fraction of sp³-hybridized carbons (Fsp3) is 0.529. The zero-order valence-corrected chi connectivity index (χ0v) is 15.5. The van der Waals surface area contributed by atoms with E-state index in [0.717, 1.165) is 4.31 Å². The van der Waals surface area contributed by atoms with Gasteiger partial charge >= 0.3 is 6.09 Å². The van der Waals surface area contributed by atoms with E-state index in [1.54, 1.807) is 39.0 Å². The fourth-order valence-electron chi connectivity index (χ4n) is 2.55. The molecular formula is C17H24N2O5S. The Morgan fingerprint density at radius 1 is 1.20 bits per heavy atom. The molecular weight excluding hydrogens is 344 g/mol. The van der Waals surface area contributed by atoms with Gasteiger partial charge in [0.05, 0.1) is 4.90 Å². The van der Waals surface area contributed by atoms with E-state index >= 15 is 0 Å². The molecule has 1 fully saturated rings. The first-order valence-electron chi connectivity index (χ1n) is 8.22. The Morgan fingerprint density at radius 3 is 2.44 bits per heavy atom. The molecule has 0 aliphatic carbocycles. The number of amides is 2. The highest BCUT2D eigenvalue weighted by molar-refractivity contribution is 7.89. The van der Waals surface area contributed by atoms with E-state index < -0.39 is 33.7 Å². The molecule has 1 N–H and O–H groups in total. The van der Waals surface area contributed by atoms with Gasteiger partial charge in [-0.25, -0.2) is 17.5 Å². The maximum absolute atomic E-state index is 12.8. The second kappa shape index (κ2) is 7.43. The Hall–Kier alpha value is -2.09. The van der Waals surface area contributed by atoms with E-state index in [1.165, 1.54) is 12.1 Å². The predicted molar refractivity (Wildman–Crippen MR) is 92.3 cm³/mol. The third kappa shape index (κ3) is 4.94. The molecule has 1 saturated heterocycles. The Balaban J connectivity index is 2.20. The molecule has 0 unspecified atom stereocenters. The van der Waals surface area contributed by atoms with Crippen molar-refractivity contribution < 1.29 is 22.7 Å². The van der Waals surface area contributed by atoms with Crippen molar-refractivity contribution in [2.75, 3.05) is 6.54 Å². The number of ether oxygens (including phenoxy) is 1. The lowest BCUT2D eigenvalue weighted by Crippen LogP contribution is -2.50. The number of alkyl carbamates (subject to hydrolysis) is 1. The first-order valence-corrected chi connectivity index (χ1v) is 9.66. The second-order valence-corrected chi connectivity index (χ2v) is 8.79. The quantitative estimate of drug-likeness (QED) is 0.883. The number of nitrogens with zero attached hydrogens (tertiary/aromatic N) is 1. The van der Waals surface area contributed by atoms with Crippen molar-refractivity contribution in [2.24, 2.45) is 0 Å². The highest BCUT2D eigenvalue weighted by atomic mass is 32.2. The van der Waals surface area contributed by atoms with Crippen LogP contribution >= 0.6 is 0 Å². The standard InChI is InChI=1S/C17H24N2O5S/c1-17(2,3)24-16(21)18-14-11-7-8-12-19(15(14)20)25(22,23)13-9-5-4-6-10-13/h4-6,9-10,14H,7-8,11-12H2,1-3H3,(H,18,21)/t14-/m0/s1. The fourth-order valence-corrected chi connectivity index (χ4v) is 4.04. The first kappa shape index (κ1) is 19.2. The molecule has 138 valence electrons. The average molecular weight is 368 g/mol. The van der Waals surface area contributed by atoms with E-state index in [-0.39, 0.29) is 11.4 Å². The van der Waals surface area contributed by atoms with Crippen molar-refractivity contribution in [1.29, 1.82) is 0 Å². The minimum absolute atomic E-state index is 0.0567.